The van der Waals surface area contributed by atoms with E-state index in [-0.39, 0.29) is 0 Å². The topological polar surface area (TPSA) is 74.2 Å². The Hall–Kier alpha value is -1.29. The largest absolute Gasteiger partial charge is 0.396 e. The third kappa shape index (κ3) is 2.88. The van der Waals surface area contributed by atoms with E-state index in [2.05, 4.69) is 11.9 Å². The van der Waals surface area contributed by atoms with Crippen LogP contribution in [0.15, 0.2) is 12.3 Å². The summed E-state index contributed by atoms with van der Waals surface area (Å²) in [6.07, 6.45) is 3.49. The van der Waals surface area contributed by atoms with Crippen molar-refractivity contribution in [3.05, 3.63) is 17.8 Å². The van der Waals surface area contributed by atoms with Crippen molar-refractivity contribution in [3.63, 3.8) is 0 Å². The van der Waals surface area contributed by atoms with Crippen LogP contribution in [0.1, 0.15) is 18.9 Å². The van der Waals surface area contributed by atoms with Gasteiger partial charge in [0.15, 0.2) is 0 Å². The van der Waals surface area contributed by atoms with Crippen molar-refractivity contribution < 1.29 is 4.74 Å². The minimum atomic E-state index is 0.401. The molecule has 0 saturated carbocycles. The Morgan fingerprint density at radius 1 is 1.36 bits per heavy atom. The average molecular weight is 195 g/mol. The van der Waals surface area contributed by atoms with Crippen LogP contribution < -0.4 is 11.5 Å². The van der Waals surface area contributed by atoms with Gasteiger partial charge in [-0.25, -0.2) is 4.98 Å². The van der Waals surface area contributed by atoms with Gasteiger partial charge < -0.3 is 16.2 Å². The van der Waals surface area contributed by atoms with Crippen molar-refractivity contribution in [2.24, 2.45) is 0 Å². The van der Waals surface area contributed by atoms with Crippen LogP contribution in [0.4, 0.5) is 11.5 Å². The molecule has 78 valence electrons. The van der Waals surface area contributed by atoms with Gasteiger partial charge in [0, 0.05) is 12.8 Å². The molecule has 0 aliphatic rings. The highest BCUT2D eigenvalue weighted by Crippen LogP contribution is 2.16. The number of aromatic nitrogens is 1. The lowest BCUT2D eigenvalue weighted by atomic mass is 10.1. The average Bonchev–Trinajstić information content (AvgIpc) is 2.19. The molecule has 0 unspecified atom stereocenters. The molecule has 1 rings (SSSR count). The molecule has 0 aromatic carbocycles. The van der Waals surface area contributed by atoms with Crippen LogP contribution in [0.2, 0.25) is 0 Å². The minimum Gasteiger partial charge on any atom is -0.396 e. The van der Waals surface area contributed by atoms with Crippen LogP contribution in [0.3, 0.4) is 0 Å². The SMILES string of the molecule is CCCOCCc1ccnc(N)c1N. The first kappa shape index (κ1) is 10.8. The van der Waals surface area contributed by atoms with Crippen molar-refractivity contribution in [1.29, 1.82) is 0 Å². The predicted molar refractivity (Wildman–Crippen MR) is 57.9 cm³/mol. The van der Waals surface area contributed by atoms with Crippen molar-refractivity contribution in [2.45, 2.75) is 19.8 Å². The number of anilines is 2. The van der Waals surface area contributed by atoms with Gasteiger partial charge in [0.25, 0.3) is 0 Å². The van der Waals surface area contributed by atoms with E-state index in [1.165, 1.54) is 0 Å². The second-order valence-electron chi connectivity index (χ2n) is 3.13. The van der Waals surface area contributed by atoms with E-state index in [9.17, 15) is 0 Å². The highest BCUT2D eigenvalue weighted by molar-refractivity contribution is 5.62. The maximum atomic E-state index is 5.75. The predicted octanol–water partition coefficient (Wildman–Crippen LogP) is 1.22. The molecule has 1 heterocycles. The van der Waals surface area contributed by atoms with Crippen LogP contribution >= 0.6 is 0 Å². The van der Waals surface area contributed by atoms with Gasteiger partial charge in [0.05, 0.1) is 12.3 Å². The number of nitrogen functional groups attached to an aromatic ring is 2. The van der Waals surface area contributed by atoms with E-state index in [0.717, 1.165) is 25.0 Å². The van der Waals surface area contributed by atoms with Gasteiger partial charge in [-0.2, -0.15) is 0 Å². The lowest BCUT2D eigenvalue weighted by Gasteiger charge is -2.07. The lowest BCUT2D eigenvalue weighted by Crippen LogP contribution is -2.05. The summed E-state index contributed by atoms with van der Waals surface area (Å²) in [5.41, 5.74) is 12.9. The number of rotatable bonds is 5. The minimum absolute atomic E-state index is 0.401. The van der Waals surface area contributed by atoms with Crippen LogP contribution in [-0.4, -0.2) is 18.2 Å². The maximum Gasteiger partial charge on any atom is 0.146 e. The van der Waals surface area contributed by atoms with Crippen LogP contribution in [-0.2, 0) is 11.2 Å². The zero-order valence-electron chi connectivity index (χ0n) is 8.49. The summed E-state index contributed by atoms with van der Waals surface area (Å²) in [6.45, 7) is 3.56. The Morgan fingerprint density at radius 2 is 2.14 bits per heavy atom. The lowest BCUT2D eigenvalue weighted by molar-refractivity contribution is 0.138. The van der Waals surface area contributed by atoms with Crippen LogP contribution in [0, 0.1) is 0 Å². The molecule has 0 spiro atoms. The summed E-state index contributed by atoms with van der Waals surface area (Å²) in [5, 5.41) is 0. The maximum absolute atomic E-state index is 5.75. The second kappa shape index (κ2) is 5.44. The number of nitrogens with two attached hydrogens (primary N) is 2. The Bertz CT molecular complexity index is 289. The smallest absolute Gasteiger partial charge is 0.146 e. The third-order valence-electron chi connectivity index (χ3n) is 1.98. The molecule has 0 fully saturated rings. The van der Waals surface area contributed by atoms with Crippen LogP contribution in [0.5, 0.6) is 0 Å². The summed E-state index contributed by atoms with van der Waals surface area (Å²) in [7, 11) is 0. The molecule has 0 atom stereocenters. The highest BCUT2D eigenvalue weighted by Gasteiger charge is 2.02. The number of hydrogen-bond donors (Lipinski definition) is 2. The van der Waals surface area contributed by atoms with Crippen molar-refractivity contribution in [3.8, 4) is 0 Å². The quantitative estimate of drug-likeness (QED) is 0.693. The van der Waals surface area contributed by atoms with Crippen molar-refractivity contribution in [2.75, 3.05) is 24.7 Å². The molecule has 0 aliphatic carbocycles. The summed E-state index contributed by atoms with van der Waals surface area (Å²) in [5.74, 6) is 0.401. The van der Waals surface area contributed by atoms with Gasteiger partial charge >= 0.3 is 0 Å². The Morgan fingerprint density at radius 3 is 2.86 bits per heavy atom. The molecule has 0 amide bonds. The molecule has 0 aliphatic heterocycles. The standard InChI is InChI=1S/C10H17N3O/c1-2-6-14-7-4-8-3-5-13-10(12)9(8)11/h3,5H,2,4,6-7,11H2,1H3,(H2,12,13). The van der Waals surface area contributed by atoms with E-state index in [4.69, 9.17) is 16.2 Å². The van der Waals surface area contributed by atoms with Gasteiger partial charge in [-0.05, 0) is 24.5 Å². The second-order valence-corrected chi connectivity index (χ2v) is 3.13. The van der Waals surface area contributed by atoms with Crippen molar-refractivity contribution >= 4 is 11.5 Å². The number of ether oxygens (including phenoxy) is 1. The molecule has 1 aromatic rings. The molecule has 14 heavy (non-hydrogen) atoms. The molecule has 4 heteroatoms. The summed E-state index contributed by atoms with van der Waals surface area (Å²) in [4.78, 5) is 3.90. The van der Waals surface area contributed by atoms with Gasteiger partial charge in [-0.3, -0.25) is 0 Å². The fourth-order valence-corrected chi connectivity index (χ4v) is 1.18. The summed E-state index contributed by atoms with van der Waals surface area (Å²) >= 11 is 0. The molecular formula is C10H17N3O. The van der Waals surface area contributed by atoms with Gasteiger partial charge in [-0.15, -0.1) is 0 Å². The van der Waals surface area contributed by atoms with E-state index in [1.54, 1.807) is 6.20 Å². The van der Waals surface area contributed by atoms with E-state index < -0.39 is 0 Å². The fourth-order valence-electron chi connectivity index (χ4n) is 1.18. The Balaban J connectivity index is 2.46. The van der Waals surface area contributed by atoms with Crippen LogP contribution in [0.25, 0.3) is 0 Å². The first-order valence-corrected chi connectivity index (χ1v) is 4.82. The molecule has 4 N–H and O–H groups in total. The Kier molecular flexibility index (Phi) is 4.19. The molecule has 0 saturated heterocycles. The molecule has 4 nitrogen and oxygen atoms in total. The molecule has 1 aromatic heterocycles. The van der Waals surface area contributed by atoms with E-state index >= 15 is 0 Å². The number of pyridine rings is 1. The molecule has 0 bridgehead atoms. The summed E-state index contributed by atoms with van der Waals surface area (Å²) < 4.78 is 5.36. The zero-order valence-corrected chi connectivity index (χ0v) is 8.49. The fraction of sp³-hybridized carbons (Fsp3) is 0.500. The third-order valence-corrected chi connectivity index (χ3v) is 1.98. The van der Waals surface area contributed by atoms with Gasteiger partial charge in [0.1, 0.15) is 5.82 Å². The highest BCUT2D eigenvalue weighted by atomic mass is 16.5. The zero-order chi connectivity index (χ0) is 10.4. The number of nitrogens with zero attached hydrogens (tertiary/aromatic N) is 1. The van der Waals surface area contributed by atoms with Gasteiger partial charge in [0.2, 0.25) is 0 Å². The number of hydrogen-bond acceptors (Lipinski definition) is 4. The normalized spacial score (nSPS) is 10.4. The first-order valence-electron chi connectivity index (χ1n) is 4.82. The molecule has 0 radical (unpaired) electrons. The van der Waals surface area contributed by atoms with Crippen molar-refractivity contribution in [1.82, 2.24) is 4.98 Å². The van der Waals surface area contributed by atoms with E-state index in [0.29, 0.717) is 18.1 Å². The van der Waals surface area contributed by atoms with Gasteiger partial charge in [-0.1, -0.05) is 6.92 Å². The molecular weight excluding hydrogens is 178 g/mol. The first-order chi connectivity index (χ1) is 6.75. The van der Waals surface area contributed by atoms with E-state index in [1.807, 2.05) is 6.07 Å². The Labute approximate surface area is 84.3 Å². The monoisotopic (exact) mass is 195 g/mol. The summed E-state index contributed by atoms with van der Waals surface area (Å²) in [6, 6.07) is 1.88.